The van der Waals surface area contributed by atoms with Gasteiger partial charge in [0.2, 0.25) is 0 Å². The Morgan fingerprint density at radius 2 is 2.31 bits per heavy atom. The average Bonchev–Trinajstić information content (AvgIpc) is 3.26. The molecule has 2 aliphatic rings. The van der Waals surface area contributed by atoms with Crippen molar-refractivity contribution in [1.82, 2.24) is 19.7 Å². The molecule has 0 aromatic carbocycles. The zero-order valence-corrected chi connectivity index (χ0v) is 15.5. The molecule has 1 spiro atoms. The van der Waals surface area contributed by atoms with Crippen LogP contribution in [0, 0.1) is 0 Å². The first-order valence-corrected chi connectivity index (χ1v) is 9.68. The number of amides is 1. The topological polar surface area (TPSA) is 69.5 Å². The number of nitrogens with zero attached hydrogens (tertiary/aromatic N) is 4. The van der Waals surface area contributed by atoms with E-state index in [9.17, 15) is 4.79 Å². The Kier molecular flexibility index (Phi) is 4.86. The fourth-order valence-corrected chi connectivity index (χ4v) is 4.97. The quantitative estimate of drug-likeness (QED) is 0.767. The molecule has 2 saturated heterocycles. The van der Waals surface area contributed by atoms with E-state index in [4.69, 9.17) is 9.47 Å². The second kappa shape index (κ2) is 7.28. The van der Waals surface area contributed by atoms with Crippen LogP contribution in [-0.2, 0) is 11.3 Å². The van der Waals surface area contributed by atoms with Gasteiger partial charge in [0.25, 0.3) is 5.91 Å². The lowest BCUT2D eigenvalue weighted by Crippen LogP contribution is -2.60. The van der Waals surface area contributed by atoms with Gasteiger partial charge in [-0.05, 0) is 18.2 Å². The van der Waals surface area contributed by atoms with Gasteiger partial charge in [-0.25, -0.2) is 0 Å². The normalized spacial score (nSPS) is 21.0. The van der Waals surface area contributed by atoms with E-state index in [1.54, 1.807) is 30.3 Å². The average molecular weight is 374 g/mol. The molecule has 138 valence electrons. The monoisotopic (exact) mass is 374 g/mol. The number of pyridine rings is 1. The first kappa shape index (κ1) is 17.4. The third kappa shape index (κ3) is 3.57. The van der Waals surface area contributed by atoms with Gasteiger partial charge in [0, 0.05) is 44.8 Å². The zero-order valence-electron chi connectivity index (χ0n) is 14.7. The molecule has 1 unspecified atom stereocenters. The van der Waals surface area contributed by atoms with E-state index in [-0.39, 0.29) is 16.8 Å². The first-order chi connectivity index (χ1) is 12.7. The van der Waals surface area contributed by atoms with E-state index >= 15 is 0 Å². The highest BCUT2D eigenvalue weighted by Crippen LogP contribution is 2.46. The van der Waals surface area contributed by atoms with Gasteiger partial charge >= 0.3 is 0 Å². The Morgan fingerprint density at radius 3 is 3.08 bits per heavy atom. The van der Waals surface area contributed by atoms with E-state index in [0.29, 0.717) is 18.8 Å². The number of methoxy groups -OCH3 is 1. The second-order valence-corrected chi connectivity index (χ2v) is 8.23. The fraction of sp³-hybridized carbons (Fsp3) is 0.500. The number of ether oxygens (including phenoxy) is 2. The molecule has 0 aliphatic carbocycles. The van der Waals surface area contributed by atoms with Gasteiger partial charge in [-0.15, -0.1) is 11.8 Å². The Morgan fingerprint density at radius 1 is 1.42 bits per heavy atom. The molecular formula is C18H22N4O3S. The number of hydrogen-bond acceptors (Lipinski definition) is 6. The maximum Gasteiger partial charge on any atom is 0.274 e. The number of rotatable bonds is 6. The highest BCUT2D eigenvalue weighted by molar-refractivity contribution is 8.01. The minimum Gasteiger partial charge on any atom is -0.488 e. The summed E-state index contributed by atoms with van der Waals surface area (Å²) >= 11 is 1.91. The molecule has 4 rings (SSSR count). The summed E-state index contributed by atoms with van der Waals surface area (Å²) in [5, 5.41) is 4.34. The predicted octanol–water partition coefficient (Wildman–Crippen LogP) is 1.70. The third-order valence-electron chi connectivity index (χ3n) is 4.74. The molecule has 1 amide bonds. The van der Waals surface area contributed by atoms with Crippen molar-refractivity contribution in [3.05, 3.63) is 42.5 Å². The number of thioether (sulfide) groups is 1. The largest absolute Gasteiger partial charge is 0.488 e. The summed E-state index contributed by atoms with van der Waals surface area (Å²) in [6.07, 6.45) is 6.44. The van der Waals surface area contributed by atoms with Crippen LogP contribution in [0.4, 0.5) is 0 Å². The van der Waals surface area contributed by atoms with Crippen molar-refractivity contribution in [1.29, 1.82) is 0 Å². The summed E-state index contributed by atoms with van der Waals surface area (Å²) in [6, 6.07) is 5.58. The highest BCUT2D eigenvalue weighted by atomic mass is 32.2. The molecular weight excluding hydrogens is 352 g/mol. The molecule has 2 aromatic heterocycles. The smallest absolute Gasteiger partial charge is 0.274 e. The van der Waals surface area contributed by atoms with Crippen molar-refractivity contribution in [3.8, 4) is 5.75 Å². The molecule has 0 bridgehead atoms. The van der Waals surface area contributed by atoms with Crippen LogP contribution in [0.5, 0.6) is 5.75 Å². The van der Waals surface area contributed by atoms with Crippen LogP contribution in [0.25, 0.3) is 0 Å². The van der Waals surface area contributed by atoms with Crippen LogP contribution in [-0.4, -0.2) is 69.0 Å². The number of hydrogen-bond donors (Lipinski definition) is 0. The molecule has 2 aliphatic heterocycles. The molecule has 0 N–H and O–H groups in total. The molecule has 1 atom stereocenters. The van der Waals surface area contributed by atoms with Crippen molar-refractivity contribution >= 4 is 17.7 Å². The van der Waals surface area contributed by atoms with Gasteiger partial charge in [0.05, 0.1) is 24.1 Å². The van der Waals surface area contributed by atoms with Crippen LogP contribution >= 0.6 is 11.8 Å². The van der Waals surface area contributed by atoms with Gasteiger partial charge in [0.1, 0.15) is 17.5 Å². The van der Waals surface area contributed by atoms with E-state index in [0.717, 1.165) is 31.0 Å². The Labute approximate surface area is 156 Å². The molecule has 8 heteroatoms. The lowest BCUT2D eigenvalue weighted by Gasteiger charge is -2.47. The van der Waals surface area contributed by atoms with E-state index in [1.165, 1.54) is 0 Å². The fourth-order valence-electron chi connectivity index (χ4n) is 3.45. The molecule has 4 heterocycles. The van der Waals surface area contributed by atoms with Crippen LogP contribution < -0.4 is 4.74 Å². The third-order valence-corrected chi connectivity index (χ3v) is 6.32. The predicted molar refractivity (Wildman–Crippen MR) is 98.5 cm³/mol. The Hall–Kier alpha value is -2.06. The van der Waals surface area contributed by atoms with Gasteiger partial charge < -0.3 is 14.4 Å². The van der Waals surface area contributed by atoms with Crippen LogP contribution in [0.15, 0.2) is 36.8 Å². The second-order valence-electron chi connectivity index (χ2n) is 6.74. The standard InChI is InChI=1S/C18H22N4O3S/c1-24-8-7-22-6-4-16(20-22)17(23)21-12-18(13-21)9-15(11-26-18)25-14-3-2-5-19-10-14/h2-6,10,15H,7-9,11-13H2,1H3. The number of likely N-dealkylation sites (tertiary alicyclic amines) is 1. The van der Waals surface area contributed by atoms with Gasteiger partial charge in [-0.1, -0.05) is 0 Å². The number of aromatic nitrogens is 3. The van der Waals surface area contributed by atoms with Gasteiger partial charge in [-0.2, -0.15) is 5.10 Å². The first-order valence-electron chi connectivity index (χ1n) is 8.70. The summed E-state index contributed by atoms with van der Waals surface area (Å²) in [4.78, 5) is 18.6. The lowest BCUT2D eigenvalue weighted by molar-refractivity contribution is 0.0510. The zero-order chi connectivity index (χ0) is 18.0. The molecule has 0 radical (unpaired) electrons. The van der Waals surface area contributed by atoms with E-state index in [1.807, 2.05) is 35.0 Å². The van der Waals surface area contributed by atoms with Crippen molar-refractivity contribution < 1.29 is 14.3 Å². The maximum atomic E-state index is 12.6. The number of carbonyl (C=O) groups excluding carboxylic acids is 1. The molecule has 2 fully saturated rings. The van der Waals surface area contributed by atoms with Gasteiger partial charge in [0.15, 0.2) is 0 Å². The summed E-state index contributed by atoms with van der Waals surface area (Å²) in [7, 11) is 1.65. The van der Waals surface area contributed by atoms with Crippen LogP contribution in [0.3, 0.4) is 0 Å². The van der Waals surface area contributed by atoms with Crippen molar-refractivity contribution in [2.45, 2.75) is 23.8 Å². The highest BCUT2D eigenvalue weighted by Gasteiger charge is 2.51. The number of carbonyl (C=O) groups is 1. The van der Waals surface area contributed by atoms with Crippen molar-refractivity contribution in [2.24, 2.45) is 0 Å². The van der Waals surface area contributed by atoms with Gasteiger partial charge in [-0.3, -0.25) is 14.5 Å². The molecule has 2 aromatic rings. The summed E-state index contributed by atoms with van der Waals surface area (Å²) < 4.78 is 12.9. The van der Waals surface area contributed by atoms with Crippen molar-refractivity contribution in [3.63, 3.8) is 0 Å². The summed E-state index contributed by atoms with van der Waals surface area (Å²) in [6.45, 7) is 2.75. The Balaban J connectivity index is 1.29. The lowest BCUT2D eigenvalue weighted by atomic mass is 9.92. The SMILES string of the molecule is COCCn1ccc(C(=O)N2CC3(CC(Oc4cccnc4)CS3)C2)n1. The molecule has 0 saturated carbocycles. The van der Waals surface area contributed by atoms with Crippen LogP contribution in [0.2, 0.25) is 0 Å². The maximum absolute atomic E-state index is 12.6. The molecule has 7 nitrogen and oxygen atoms in total. The Bertz CT molecular complexity index is 761. The van der Waals surface area contributed by atoms with Crippen molar-refractivity contribution in [2.75, 3.05) is 32.6 Å². The minimum absolute atomic E-state index is 0.00372. The summed E-state index contributed by atoms with van der Waals surface area (Å²) in [5.74, 6) is 1.76. The van der Waals surface area contributed by atoms with E-state index < -0.39 is 0 Å². The molecule has 26 heavy (non-hydrogen) atoms. The minimum atomic E-state index is 0.00372. The van der Waals surface area contributed by atoms with Crippen LogP contribution in [0.1, 0.15) is 16.9 Å². The van der Waals surface area contributed by atoms with E-state index in [2.05, 4.69) is 10.1 Å². The summed E-state index contributed by atoms with van der Waals surface area (Å²) in [5.41, 5.74) is 0.502.